The van der Waals surface area contributed by atoms with Crippen LogP contribution in [-0.2, 0) is 4.74 Å². The molecule has 1 fully saturated rings. The molecule has 38 heavy (non-hydrogen) atoms. The molecule has 0 bridgehead atoms. The maximum atomic E-state index is 13.1. The highest BCUT2D eigenvalue weighted by molar-refractivity contribution is 6.11. The number of ether oxygens (including phenoxy) is 1. The van der Waals surface area contributed by atoms with Crippen molar-refractivity contribution >= 4 is 23.8 Å². The number of nitrogens with one attached hydrogen (secondary N) is 2. The summed E-state index contributed by atoms with van der Waals surface area (Å²) in [6.07, 6.45) is 10.8. The van der Waals surface area contributed by atoms with E-state index in [-0.39, 0.29) is 22.8 Å². The van der Waals surface area contributed by atoms with Gasteiger partial charge in [-0.05, 0) is 63.0 Å². The van der Waals surface area contributed by atoms with Crippen LogP contribution in [-0.4, -0.2) is 59.3 Å². The first-order chi connectivity index (χ1) is 18.1. The third kappa shape index (κ3) is 8.55. The first-order valence-corrected chi connectivity index (χ1v) is 13.9. The molecule has 1 saturated carbocycles. The van der Waals surface area contributed by atoms with E-state index in [1.165, 1.54) is 19.9 Å². The minimum atomic E-state index is -1.42. The molecule has 0 saturated heterocycles. The molecule has 9 nitrogen and oxygen atoms in total. The van der Waals surface area contributed by atoms with E-state index in [2.05, 4.69) is 24.5 Å². The zero-order valence-electron chi connectivity index (χ0n) is 23.2. The summed E-state index contributed by atoms with van der Waals surface area (Å²) in [6, 6.07) is 1.73. The molecule has 0 heterocycles. The van der Waals surface area contributed by atoms with Crippen molar-refractivity contribution in [2.75, 3.05) is 13.7 Å². The molecule has 1 aliphatic carbocycles. The standard InChI is InChI=1S/C29H44N2O7/c1-5-10-20(12-7-8-15-38-29(13-6-2)14-9-11-19(3)18-29)31-26(33)22-17-23(27(34)35)21(25(32)30-4)16-24(22)28(36)37/h16-17,19-20H,5-15,18H2,1-4H3,(H,30,32)(H,31,33)(H,34,35)(H,36,37). The molecule has 1 aromatic carbocycles. The topological polar surface area (TPSA) is 142 Å². The molecule has 3 atom stereocenters. The van der Waals surface area contributed by atoms with Gasteiger partial charge >= 0.3 is 11.9 Å². The van der Waals surface area contributed by atoms with Gasteiger partial charge in [-0.1, -0.05) is 46.5 Å². The van der Waals surface area contributed by atoms with Crippen molar-refractivity contribution in [2.24, 2.45) is 5.92 Å². The highest BCUT2D eigenvalue weighted by atomic mass is 16.5. The number of amides is 2. The minimum absolute atomic E-state index is 0.0145. The van der Waals surface area contributed by atoms with Gasteiger partial charge in [0.2, 0.25) is 0 Å². The third-order valence-corrected chi connectivity index (χ3v) is 7.42. The summed E-state index contributed by atoms with van der Waals surface area (Å²) in [7, 11) is 1.31. The fourth-order valence-electron chi connectivity index (χ4n) is 5.64. The molecule has 1 aromatic rings. The van der Waals surface area contributed by atoms with Crippen LogP contribution < -0.4 is 10.6 Å². The molecule has 1 aliphatic rings. The molecule has 9 heteroatoms. The Kier molecular flexibility index (Phi) is 12.2. The van der Waals surface area contributed by atoms with Gasteiger partial charge in [0.05, 0.1) is 27.9 Å². The third-order valence-electron chi connectivity index (χ3n) is 7.42. The molecule has 3 unspecified atom stereocenters. The molecule has 0 radical (unpaired) electrons. The Morgan fingerprint density at radius 2 is 1.61 bits per heavy atom. The molecular formula is C29H44N2O7. The second kappa shape index (κ2) is 14.9. The number of aromatic carboxylic acids is 2. The Labute approximate surface area is 225 Å². The Hall–Kier alpha value is -2.94. The van der Waals surface area contributed by atoms with Crippen LogP contribution >= 0.6 is 0 Å². The first kappa shape index (κ1) is 31.3. The van der Waals surface area contributed by atoms with E-state index < -0.39 is 34.9 Å². The lowest BCUT2D eigenvalue weighted by molar-refractivity contribution is -0.0879. The number of benzene rings is 1. The maximum absolute atomic E-state index is 13.1. The summed E-state index contributed by atoms with van der Waals surface area (Å²) >= 11 is 0. The van der Waals surface area contributed by atoms with E-state index >= 15 is 0 Å². The molecule has 0 aliphatic heterocycles. The van der Waals surface area contributed by atoms with Crippen molar-refractivity contribution in [3.63, 3.8) is 0 Å². The zero-order chi connectivity index (χ0) is 28.3. The van der Waals surface area contributed by atoms with Gasteiger partial charge in [0.1, 0.15) is 0 Å². The summed E-state index contributed by atoms with van der Waals surface area (Å²) in [5.74, 6) is -3.57. The zero-order valence-corrected chi connectivity index (χ0v) is 23.2. The van der Waals surface area contributed by atoms with Crippen molar-refractivity contribution in [1.29, 1.82) is 0 Å². The van der Waals surface area contributed by atoms with Crippen molar-refractivity contribution in [1.82, 2.24) is 10.6 Å². The number of carbonyl (C=O) groups excluding carboxylic acids is 2. The minimum Gasteiger partial charge on any atom is -0.478 e. The molecule has 0 aromatic heterocycles. The number of hydrogen-bond donors (Lipinski definition) is 4. The van der Waals surface area contributed by atoms with Gasteiger partial charge in [-0.2, -0.15) is 0 Å². The van der Waals surface area contributed by atoms with E-state index in [1.54, 1.807) is 0 Å². The van der Waals surface area contributed by atoms with Crippen LogP contribution in [0.2, 0.25) is 0 Å². The van der Waals surface area contributed by atoms with Gasteiger partial charge in [-0.3, -0.25) is 9.59 Å². The lowest BCUT2D eigenvalue weighted by Gasteiger charge is -2.40. The van der Waals surface area contributed by atoms with Crippen molar-refractivity contribution in [3.05, 3.63) is 34.4 Å². The Morgan fingerprint density at radius 1 is 0.974 bits per heavy atom. The van der Waals surface area contributed by atoms with E-state index in [9.17, 15) is 29.4 Å². The molecule has 212 valence electrons. The van der Waals surface area contributed by atoms with Crippen molar-refractivity contribution in [2.45, 2.75) is 103 Å². The SMILES string of the molecule is CCCC(CCCCOC1(CCC)CCCC(C)C1)NC(=O)c1cc(C(=O)O)c(C(=O)NC)cc1C(=O)O. The summed E-state index contributed by atoms with van der Waals surface area (Å²) in [5.41, 5.74) is -1.45. The Balaban J connectivity index is 2.07. The Morgan fingerprint density at radius 3 is 2.13 bits per heavy atom. The largest absolute Gasteiger partial charge is 0.478 e. The van der Waals surface area contributed by atoms with Gasteiger partial charge < -0.3 is 25.6 Å². The number of unbranched alkanes of at least 4 members (excludes halogenated alkanes) is 1. The second-order valence-electron chi connectivity index (χ2n) is 10.6. The molecule has 4 N–H and O–H groups in total. The lowest BCUT2D eigenvalue weighted by Crippen LogP contribution is -2.38. The quantitative estimate of drug-likeness (QED) is 0.225. The van der Waals surface area contributed by atoms with Gasteiger partial charge in [-0.25, -0.2) is 9.59 Å². The highest BCUT2D eigenvalue weighted by Gasteiger charge is 2.35. The highest BCUT2D eigenvalue weighted by Crippen LogP contribution is 2.38. The summed E-state index contributed by atoms with van der Waals surface area (Å²) < 4.78 is 6.45. The molecule has 0 spiro atoms. The monoisotopic (exact) mass is 532 g/mol. The summed E-state index contributed by atoms with van der Waals surface area (Å²) in [4.78, 5) is 48.9. The van der Waals surface area contributed by atoms with Gasteiger partial charge in [0, 0.05) is 19.7 Å². The van der Waals surface area contributed by atoms with E-state index in [1.807, 2.05) is 6.92 Å². The number of carboxylic acids is 2. The van der Waals surface area contributed by atoms with Crippen LogP contribution in [0.15, 0.2) is 12.1 Å². The van der Waals surface area contributed by atoms with Gasteiger partial charge in [-0.15, -0.1) is 0 Å². The van der Waals surface area contributed by atoms with Crippen LogP contribution in [0.1, 0.15) is 133 Å². The van der Waals surface area contributed by atoms with E-state index in [4.69, 9.17) is 4.74 Å². The maximum Gasteiger partial charge on any atom is 0.336 e. The lowest BCUT2D eigenvalue weighted by atomic mass is 9.76. The molecule has 2 rings (SSSR count). The molecular weight excluding hydrogens is 488 g/mol. The fourth-order valence-corrected chi connectivity index (χ4v) is 5.64. The van der Waals surface area contributed by atoms with Crippen molar-refractivity contribution in [3.8, 4) is 0 Å². The number of carbonyl (C=O) groups is 4. The normalized spacial score (nSPS) is 19.9. The fraction of sp³-hybridized carbons (Fsp3) is 0.655. The van der Waals surface area contributed by atoms with Crippen molar-refractivity contribution < 1.29 is 34.1 Å². The smallest absolute Gasteiger partial charge is 0.336 e. The predicted octanol–water partition coefficient (Wildman–Crippen LogP) is 5.28. The van der Waals surface area contributed by atoms with Crippen LogP contribution in [0, 0.1) is 5.92 Å². The predicted molar refractivity (Wildman–Crippen MR) is 145 cm³/mol. The van der Waals surface area contributed by atoms with E-state index in [0.29, 0.717) is 25.4 Å². The van der Waals surface area contributed by atoms with Crippen LogP contribution in [0.5, 0.6) is 0 Å². The van der Waals surface area contributed by atoms with Crippen LogP contribution in [0.25, 0.3) is 0 Å². The summed E-state index contributed by atoms with van der Waals surface area (Å²) in [5, 5.41) is 24.4. The summed E-state index contributed by atoms with van der Waals surface area (Å²) in [6.45, 7) is 7.17. The first-order valence-electron chi connectivity index (χ1n) is 13.9. The van der Waals surface area contributed by atoms with Crippen LogP contribution in [0.4, 0.5) is 0 Å². The van der Waals surface area contributed by atoms with Gasteiger partial charge in [0.15, 0.2) is 0 Å². The van der Waals surface area contributed by atoms with Crippen LogP contribution in [0.3, 0.4) is 0 Å². The van der Waals surface area contributed by atoms with E-state index in [0.717, 1.165) is 57.1 Å². The molecule has 2 amide bonds. The Bertz CT molecular complexity index is 989. The number of hydrogen-bond acceptors (Lipinski definition) is 5. The average molecular weight is 533 g/mol. The average Bonchev–Trinajstić information content (AvgIpc) is 2.87. The van der Waals surface area contributed by atoms with Gasteiger partial charge in [0.25, 0.3) is 11.8 Å². The number of rotatable bonds is 15. The second-order valence-corrected chi connectivity index (χ2v) is 10.6. The number of carboxylic acid groups (broad SMARTS) is 2.